The number of carbonyl (C=O) groups is 1. The van der Waals surface area contributed by atoms with Gasteiger partial charge in [-0.3, -0.25) is 4.79 Å². The van der Waals surface area contributed by atoms with Crippen LogP contribution in [-0.2, 0) is 4.79 Å². The summed E-state index contributed by atoms with van der Waals surface area (Å²) in [7, 11) is 0. The molecule has 0 radical (unpaired) electrons. The van der Waals surface area contributed by atoms with Gasteiger partial charge >= 0.3 is 0 Å². The van der Waals surface area contributed by atoms with Crippen LogP contribution in [0.1, 0.15) is 12.8 Å². The van der Waals surface area contributed by atoms with Crippen molar-refractivity contribution >= 4 is 39.9 Å². The lowest BCUT2D eigenvalue weighted by molar-refractivity contribution is -0.117. The van der Waals surface area contributed by atoms with Gasteiger partial charge in [0.05, 0.1) is 6.33 Å². The maximum Gasteiger partial charge on any atom is 0.243 e. The zero-order valence-electron chi connectivity index (χ0n) is 11.5. The number of piperidine rings is 1. The third-order valence-electron chi connectivity index (χ3n) is 3.45. The molecule has 21 heavy (non-hydrogen) atoms. The third kappa shape index (κ3) is 3.21. The quantitative estimate of drug-likeness (QED) is 0.810. The average Bonchev–Trinajstić information content (AvgIpc) is 2.95. The minimum atomic E-state index is -0.135. The Kier molecular flexibility index (Phi) is 4.89. The fourth-order valence-corrected chi connectivity index (χ4v) is 2.53. The molecule has 0 bridgehead atoms. The molecule has 2 aromatic heterocycles. The van der Waals surface area contributed by atoms with Crippen LogP contribution >= 0.6 is 17.0 Å². The summed E-state index contributed by atoms with van der Waals surface area (Å²) in [6, 6.07) is 0.109. The molecule has 2 aromatic rings. The van der Waals surface area contributed by atoms with E-state index in [2.05, 4.69) is 36.7 Å². The molecule has 112 valence electrons. The highest BCUT2D eigenvalue weighted by molar-refractivity contribution is 8.93. The molecule has 1 saturated heterocycles. The first-order chi connectivity index (χ1) is 9.78. The summed E-state index contributed by atoms with van der Waals surface area (Å²) in [6.45, 7) is 5.10. The van der Waals surface area contributed by atoms with E-state index in [0.29, 0.717) is 0 Å². The Labute approximate surface area is 132 Å². The normalized spacial score (nSPS) is 18.1. The van der Waals surface area contributed by atoms with Crippen LogP contribution in [0.25, 0.3) is 11.2 Å². The first-order valence-electron chi connectivity index (χ1n) is 6.60. The number of nitrogens with one attached hydrogen (secondary N) is 2. The lowest BCUT2D eigenvalue weighted by Crippen LogP contribution is -2.47. The van der Waals surface area contributed by atoms with Crippen molar-refractivity contribution in [2.75, 3.05) is 18.0 Å². The molecule has 0 aromatic carbocycles. The van der Waals surface area contributed by atoms with Crippen LogP contribution in [0.2, 0.25) is 0 Å². The smallest absolute Gasteiger partial charge is 0.243 e. The van der Waals surface area contributed by atoms with Crippen LogP contribution in [0.5, 0.6) is 0 Å². The number of anilines is 1. The van der Waals surface area contributed by atoms with Gasteiger partial charge in [-0.05, 0) is 18.9 Å². The zero-order valence-corrected chi connectivity index (χ0v) is 13.2. The minimum Gasteiger partial charge on any atom is -0.353 e. The molecule has 2 N–H and O–H groups in total. The van der Waals surface area contributed by atoms with Crippen molar-refractivity contribution < 1.29 is 4.79 Å². The predicted molar refractivity (Wildman–Crippen MR) is 85.6 cm³/mol. The van der Waals surface area contributed by atoms with E-state index in [4.69, 9.17) is 0 Å². The molecule has 3 rings (SSSR count). The van der Waals surface area contributed by atoms with E-state index in [-0.39, 0.29) is 28.9 Å². The fourth-order valence-electron chi connectivity index (χ4n) is 2.53. The average molecular weight is 353 g/mol. The zero-order chi connectivity index (χ0) is 13.9. The van der Waals surface area contributed by atoms with Gasteiger partial charge in [-0.15, -0.1) is 17.0 Å². The molecule has 8 heteroatoms. The van der Waals surface area contributed by atoms with E-state index in [1.807, 2.05) is 0 Å². The Bertz CT molecular complexity index is 642. The minimum absolute atomic E-state index is 0. The van der Waals surface area contributed by atoms with Crippen LogP contribution in [-0.4, -0.2) is 45.0 Å². The van der Waals surface area contributed by atoms with Gasteiger partial charge in [-0.2, -0.15) is 0 Å². The molecule has 1 fully saturated rings. The SMILES string of the molecule is Br.C=CC(=O)N[C@@H]1CCCN(c2ncnc3[nH]cnc23)C1. The van der Waals surface area contributed by atoms with E-state index in [9.17, 15) is 4.79 Å². The van der Waals surface area contributed by atoms with E-state index in [1.54, 1.807) is 6.33 Å². The van der Waals surface area contributed by atoms with E-state index in [1.165, 1.54) is 12.4 Å². The van der Waals surface area contributed by atoms with Crippen LogP contribution in [0, 0.1) is 0 Å². The van der Waals surface area contributed by atoms with Gasteiger partial charge in [-0.1, -0.05) is 6.58 Å². The molecule has 0 unspecified atom stereocenters. The molecule has 0 spiro atoms. The number of hydrogen-bond donors (Lipinski definition) is 2. The molecule has 3 heterocycles. The van der Waals surface area contributed by atoms with Crippen molar-refractivity contribution in [2.45, 2.75) is 18.9 Å². The topological polar surface area (TPSA) is 86.8 Å². The van der Waals surface area contributed by atoms with Gasteiger partial charge in [0, 0.05) is 19.1 Å². The highest BCUT2D eigenvalue weighted by atomic mass is 79.9. The number of halogens is 1. The highest BCUT2D eigenvalue weighted by Gasteiger charge is 2.23. The van der Waals surface area contributed by atoms with Crippen LogP contribution in [0.4, 0.5) is 5.82 Å². The van der Waals surface area contributed by atoms with Crippen LogP contribution < -0.4 is 10.2 Å². The number of nitrogens with zero attached hydrogens (tertiary/aromatic N) is 4. The van der Waals surface area contributed by atoms with Gasteiger partial charge in [0.2, 0.25) is 5.91 Å². The van der Waals surface area contributed by atoms with Gasteiger partial charge < -0.3 is 15.2 Å². The number of aromatic amines is 1. The lowest BCUT2D eigenvalue weighted by atomic mass is 10.1. The second-order valence-corrected chi connectivity index (χ2v) is 4.79. The molecular weight excluding hydrogens is 336 g/mol. The number of rotatable bonds is 3. The summed E-state index contributed by atoms with van der Waals surface area (Å²) in [4.78, 5) is 29.3. The summed E-state index contributed by atoms with van der Waals surface area (Å²) in [5.41, 5.74) is 1.50. The van der Waals surface area contributed by atoms with E-state index in [0.717, 1.165) is 42.9 Å². The molecule has 0 saturated carbocycles. The second-order valence-electron chi connectivity index (χ2n) is 4.79. The molecular formula is C13H17BrN6O. The van der Waals surface area contributed by atoms with Crippen LogP contribution in [0.3, 0.4) is 0 Å². The monoisotopic (exact) mass is 352 g/mol. The fraction of sp³-hybridized carbons (Fsp3) is 0.385. The Hall–Kier alpha value is -1.96. The summed E-state index contributed by atoms with van der Waals surface area (Å²) >= 11 is 0. The standard InChI is InChI=1S/C13H16N6O.BrH/c1-2-10(20)18-9-4-3-5-19(6-9)13-11-12(15-7-14-11)16-8-17-13;/h2,7-9H,1,3-6H2,(H,18,20)(H,14,15,16,17);1H/t9-;/m1./s1. The number of hydrogen-bond acceptors (Lipinski definition) is 5. The Balaban J connectivity index is 0.00000161. The lowest BCUT2D eigenvalue weighted by Gasteiger charge is -2.33. The van der Waals surface area contributed by atoms with Crippen molar-refractivity contribution in [3.05, 3.63) is 25.3 Å². The summed E-state index contributed by atoms with van der Waals surface area (Å²) in [5, 5.41) is 2.94. The van der Waals surface area contributed by atoms with Gasteiger partial charge in [0.25, 0.3) is 0 Å². The van der Waals surface area contributed by atoms with Crippen molar-refractivity contribution in [3.63, 3.8) is 0 Å². The summed E-state index contributed by atoms with van der Waals surface area (Å²) < 4.78 is 0. The Morgan fingerprint density at radius 2 is 2.33 bits per heavy atom. The van der Waals surface area contributed by atoms with E-state index >= 15 is 0 Å². The number of imidazole rings is 1. The number of carbonyl (C=O) groups excluding carboxylic acids is 1. The number of aromatic nitrogens is 4. The molecule has 1 atom stereocenters. The maximum absolute atomic E-state index is 11.4. The Morgan fingerprint density at radius 1 is 1.48 bits per heavy atom. The van der Waals surface area contributed by atoms with Crippen molar-refractivity contribution in [2.24, 2.45) is 0 Å². The first-order valence-corrected chi connectivity index (χ1v) is 6.60. The van der Waals surface area contributed by atoms with Crippen LogP contribution in [0.15, 0.2) is 25.3 Å². The van der Waals surface area contributed by atoms with Gasteiger partial charge in [0.1, 0.15) is 11.8 Å². The number of fused-ring (bicyclic) bond motifs is 1. The molecule has 1 amide bonds. The molecule has 0 aliphatic carbocycles. The van der Waals surface area contributed by atoms with Gasteiger partial charge in [-0.25, -0.2) is 15.0 Å². The molecule has 1 aliphatic heterocycles. The van der Waals surface area contributed by atoms with Gasteiger partial charge in [0.15, 0.2) is 11.5 Å². The third-order valence-corrected chi connectivity index (χ3v) is 3.45. The summed E-state index contributed by atoms with van der Waals surface area (Å²) in [6.07, 6.45) is 6.41. The largest absolute Gasteiger partial charge is 0.353 e. The maximum atomic E-state index is 11.4. The van der Waals surface area contributed by atoms with Crippen molar-refractivity contribution in [1.29, 1.82) is 0 Å². The number of amides is 1. The van der Waals surface area contributed by atoms with E-state index < -0.39 is 0 Å². The number of H-pyrrole nitrogens is 1. The van der Waals surface area contributed by atoms with Crippen molar-refractivity contribution in [1.82, 2.24) is 25.3 Å². The van der Waals surface area contributed by atoms with Crippen molar-refractivity contribution in [3.8, 4) is 0 Å². The Morgan fingerprint density at radius 3 is 3.14 bits per heavy atom. The predicted octanol–water partition coefficient (Wildman–Crippen LogP) is 1.20. The highest BCUT2D eigenvalue weighted by Crippen LogP contribution is 2.23. The molecule has 1 aliphatic rings. The summed E-state index contributed by atoms with van der Waals surface area (Å²) in [5.74, 6) is 0.679. The molecule has 7 nitrogen and oxygen atoms in total. The first kappa shape index (κ1) is 15.4. The second kappa shape index (κ2) is 6.66.